The minimum atomic E-state index is 0.396. The van der Waals surface area contributed by atoms with Crippen molar-refractivity contribution in [3.63, 3.8) is 0 Å². The van der Waals surface area contributed by atoms with E-state index < -0.39 is 0 Å². The maximum Gasteiger partial charge on any atom is 0.196 e. The fourth-order valence-corrected chi connectivity index (χ4v) is 8.44. The first kappa shape index (κ1) is 35.2. The van der Waals surface area contributed by atoms with Gasteiger partial charge in [-0.25, -0.2) is 14.7 Å². The fraction of sp³-hybridized carbons (Fsp3) is 0. The van der Waals surface area contributed by atoms with Crippen LogP contribution in [0.4, 0.5) is 11.4 Å². The number of fused-ring (bicyclic) bond motifs is 6. The van der Waals surface area contributed by atoms with Crippen molar-refractivity contribution in [2.75, 3.05) is 0 Å². The second-order valence-electron chi connectivity index (χ2n) is 14.3. The molecule has 0 aliphatic rings. The van der Waals surface area contributed by atoms with Gasteiger partial charge < -0.3 is 4.57 Å². The van der Waals surface area contributed by atoms with Crippen LogP contribution in [0.2, 0.25) is 0 Å². The fourth-order valence-electron chi connectivity index (χ4n) is 8.44. The standard InChI is InChI=1S/C52H26N8/c1-56-37-18-22-38(36(24-37)30-55)33-16-20-43-41-11-5-7-13-47(41)59(49(43)25-33)51-31-58-52(27-45(51)39-10-4-3-9-35(39)29-54)60-48-14-8-6-12-42(48)44-21-17-34(26-50(44)60)40-19-15-32(28-53)23-46(40)57-2/h3-27,31H. The maximum absolute atomic E-state index is 10.5. The Kier molecular flexibility index (Phi) is 8.23. The van der Waals surface area contributed by atoms with E-state index in [1.165, 1.54) is 0 Å². The van der Waals surface area contributed by atoms with E-state index in [0.717, 1.165) is 82.7 Å². The molecule has 0 saturated carbocycles. The molecular weight excluding hydrogens is 737 g/mol. The summed E-state index contributed by atoms with van der Waals surface area (Å²) in [6.07, 6.45) is 1.87. The van der Waals surface area contributed by atoms with Gasteiger partial charge in [-0.1, -0.05) is 97.1 Å². The van der Waals surface area contributed by atoms with Crippen LogP contribution in [0, 0.1) is 47.1 Å². The highest BCUT2D eigenvalue weighted by molar-refractivity contribution is 6.12. The number of nitriles is 3. The maximum atomic E-state index is 10.5. The molecule has 0 spiro atoms. The van der Waals surface area contributed by atoms with Gasteiger partial charge in [-0.05, 0) is 76.9 Å². The van der Waals surface area contributed by atoms with Gasteiger partial charge in [-0.2, -0.15) is 15.8 Å². The number of pyridine rings is 1. The largest absolute Gasteiger partial charge is 0.307 e. The molecule has 3 aromatic heterocycles. The molecule has 0 radical (unpaired) electrons. The van der Waals surface area contributed by atoms with Crippen molar-refractivity contribution in [1.82, 2.24) is 14.1 Å². The van der Waals surface area contributed by atoms with Crippen LogP contribution in [0.1, 0.15) is 16.7 Å². The van der Waals surface area contributed by atoms with Crippen LogP contribution >= 0.6 is 0 Å². The number of hydrogen-bond acceptors (Lipinski definition) is 4. The van der Waals surface area contributed by atoms with Crippen molar-refractivity contribution >= 4 is 55.0 Å². The Morgan fingerprint density at radius 3 is 1.77 bits per heavy atom. The van der Waals surface area contributed by atoms with Gasteiger partial charge in [0.1, 0.15) is 5.82 Å². The summed E-state index contributed by atoms with van der Waals surface area (Å²) in [6, 6.07) is 55.4. The Hall–Kier alpha value is -9.26. The zero-order valence-electron chi connectivity index (χ0n) is 31.6. The first-order chi connectivity index (χ1) is 29.5. The van der Waals surface area contributed by atoms with Crippen molar-refractivity contribution < 1.29 is 0 Å². The van der Waals surface area contributed by atoms with E-state index in [-0.39, 0.29) is 0 Å². The van der Waals surface area contributed by atoms with Crippen LogP contribution < -0.4 is 0 Å². The molecule has 0 unspecified atom stereocenters. The lowest BCUT2D eigenvalue weighted by Gasteiger charge is -2.17. The number of nitrogens with zero attached hydrogens (tertiary/aromatic N) is 8. The van der Waals surface area contributed by atoms with Crippen molar-refractivity contribution in [2.24, 2.45) is 0 Å². The summed E-state index contributed by atoms with van der Waals surface area (Å²) >= 11 is 0. The molecule has 0 fully saturated rings. The summed E-state index contributed by atoms with van der Waals surface area (Å²) in [5, 5.41) is 34.2. The summed E-state index contributed by atoms with van der Waals surface area (Å²) < 4.78 is 4.30. The quantitative estimate of drug-likeness (QED) is 0.163. The molecule has 60 heavy (non-hydrogen) atoms. The molecule has 0 N–H and O–H groups in total. The number of hydrogen-bond donors (Lipinski definition) is 0. The highest BCUT2D eigenvalue weighted by Crippen LogP contribution is 2.42. The third kappa shape index (κ3) is 5.45. The van der Waals surface area contributed by atoms with Gasteiger partial charge in [0.15, 0.2) is 11.4 Å². The minimum Gasteiger partial charge on any atom is -0.307 e. The molecular formula is C52H26N8. The zero-order chi connectivity index (χ0) is 40.9. The lowest BCUT2D eigenvalue weighted by atomic mass is 9.98. The van der Waals surface area contributed by atoms with Gasteiger partial charge in [-0.15, -0.1) is 0 Å². The predicted octanol–water partition coefficient (Wildman–Crippen LogP) is 13.0. The van der Waals surface area contributed by atoms with E-state index in [0.29, 0.717) is 33.9 Å². The molecule has 8 heteroatoms. The van der Waals surface area contributed by atoms with Crippen LogP contribution in [0.3, 0.4) is 0 Å². The van der Waals surface area contributed by atoms with E-state index in [1.54, 1.807) is 24.3 Å². The molecule has 0 atom stereocenters. The number of para-hydroxylation sites is 2. The van der Waals surface area contributed by atoms with Crippen LogP contribution in [0.15, 0.2) is 158 Å². The first-order valence-corrected chi connectivity index (χ1v) is 18.9. The van der Waals surface area contributed by atoms with Crippen LogP contribution in [0.25, 0.3) is 98.2 Å². The van der Waals surface area contributed by atoms with Crippen LogP contribution in [-0.2, 0) is 0 Å². The summed E-state index contributed by atoms with van der Waals surface area (Å²) in [7, 11) is 0. The van der Waals surface area contributed by atoms with Gasteiger partial charge in [0.25, 0.3) is 0 Å². The molecule has 7 aromatic carbocycles. The van der Waals surface area contributed by atoms with Crippen LogP contribution in [-0.4, -0.2) is 14.1 Å². The minimum absolute atomic E-state index is 0.396. The van der Waals surface area contributed by atoms with E-state index in [9.17, 15) is 15.8 Å². The second kappa shape index (κ2) is 14.0. The highest BCUT2D eigenvalue weighted by Gasteiger charge is 2.22. The van der Waals surface area contributed by atoms with E-state index in [2.05, 4.69) is 85.6 Å². The van der Waals surface area contributed by atoms with Crippen molar-refractivity contribution in [1.29, 1.82) is 15.8 Å². The van der Waals surface area contributed by atoms with E-state index >= 15 is 0 Å². The SMILES string of the molecule is [C-]#[N+]c1ccc(-c2ccc3c4ccccc4n(-c4cnc(-n5c6ccccc6c6ccc(-c7ccc(C#N)cc7[N+]#[C-])cc65)cc4-c4ccccc4C#N)c3c2)c(C#N)c1. The average molecular weight is 763 g/mol. The van der Waals surface area contributed by atoms with Gasteiger partial charge in [0.05, 0.1) is 70.9 Å². The second-order valence-corrected chi connectivity index (χ2v) is 14.3. The lowest BCUT2D eigenvalue weighted by molar-refractivity contribution is 1.06. The normalized spacial score (nSPS) is 10.9. The monoisotopic (exact) mass is 762 g/mol. The molecule has 3 heterocycles. The van der Waals surface area contributed by atoms with Gasteiger partial charge in [-0.3, -0.25) is 4.57 Å². The smallest absolute Gasteiger partial charge is 0.196 e. The Bertz CT molecular complexity index is 3680. The highest BCUT2D eigenvalue weighted by atomic mass is 15.1. The molecule has 274 valence electrons. The first-order valence-electron chi connectivity index (χ1n) is 18.9. The van der Waals surface area contributed by atoms with Gasteiger partial charge in [0.2, 0.25) is 0 Å². The van der Waals surface area contributed by atoms with Crippen LogP contribution in [0.5, 0.6) is 0 Å². The molecule has 10 rings (SSSR count). The zero-order valence-corrected chi connectivity index (χ0v) is 31.6. The third-order valence-corrected chi connectivity index (χ3v) is 11.1. The average Bonchev–Trinajstić information content (AvgIpc) is 3.82. The summed E-state index contributed by atoms with van der Waals surface area (Å²) in [5.41, 5.74) is 11.2. The predicted molar refractivity (Wildman–Crippen MR) is 236 cm³/mol. The molecule has 0 aliphatic carbocycles. The Labute approximate surface area is 344 Å². The molecule has 0 aliphatic heterocycles. The molecule has 0 saturated heterocycles. The summed E-state index contributed by atoms with van der Waals surface area (Å²) in [6.45, 7) is 15.4. The van der Waals surface area contributed by atoms with Crippen molar-refractivity contribution in [2.45, 2.75) is 0 Å². The summed E-state index contributed by atoms with van der Waals surface area (Å²) in [4.78, 5) is 12.5. The lowest BCUT2D eigenvalue weighted by Crippen LogP contribution is -2.04. The topological polar surface area (TPSA) is 103 Å². The number of rotatable bonds is 5. The number of aromatic nitrogens is 3. The van der Waals surface area contributed by atoms with Crippen molar-refractivity contribution in [3.8, 4) is 63.1 Å². The van der Waals surface area contributed by atoms with E-state index in [1.807, 2.05) is 85.1 Å². The van der Waals surface area contributed by atoms with E-state index in [4.69, 9.17) is 18.1 Å². The third-order valence-electron chi connectivity index (χ3n) is 11.1. The molecule has 0 amide bonds. The molecule has 10 aromatic rings. The molecule has 0 bridgehead atoms. The Balaban J connectivity index is 1.26. The Morgan fingerprint density at radius 2 is 1.08 bits per heavy atom. The number of benzene rings is 7. The molecule has 8 nitrogen and oxygen atoms in total. The van der Waals surface area contributed by atoms with Gasteiger partial charge >= 0.3 is 0 Å². The van der Waals surface area contributed by atoms with Crippen molar-refractivity contribution in [3.05, 3.63) is 197 Å². The Morgan fingerprint density at radius 1 is 0.467 bits per heavy atom. The van der Waals surface area contributed by atoms with Gasteiger partial charge in [0, 0.05) is 43.8 Å². The summed E-state index contributed by atoms with van der Waals surface area (Å²) in [5.74, 6) is 0.634.